The average Bonchev–Trinajstić information content (AvgIpc) is 3.20. The molecule has 2 heterocycles. The van der Waals surface area contributed by atoms with Crippen LogP contribution in [0.1, 0.15) is 37.0 Å². The molecule has 1 saturated heterocycles. The van der Waals surface area contributed by atoms with Crippen molar-refractivity contribution in [1.82, 2.24) is 19.3 Å². The van der Waals surface area contributed by atoms with Gasteiger partial charge >= 0.3 is 6.18 Å². The maximum Gasteiger partial charge on any atom is 0.417 e. The van der Waals surface area contributed by atoms with Crippen LogP contribution in [0.15, 0.2) is 33.7 Å². The van der Waals surface area contributed by atoms with Crippen molar-refractivity contribution in [3.63, 3.8) is 0 Å². The zero-order valence-corrected chi connectivity index (χ0v) is 17.9. The predicted molar refractivity (Wildman–Crippen MR) is 103 cm³/mol. The smallest absolute Gasteiger partial charge is 0.337 e. The molecular formula is C19H23F3N4O4S. The summed E-state index contributed by atoms with van der Waals surface area (Å²) in [5.74, 6) is 0.192. The third-order valence-corrected chi connectivity index (χ3v) is 7.15. The maximum absolute atomic E-state index is 13.3. The Morgan fingerprint density at radius 1 is 1.26 bits per heavy atom. The summed E-state index contributed by atoms with van der Waals surface area (Å²) in [6.07, 6.45) is -3.76. The van der Waals surface area contributed by atoms with E-state index in [1.807, 2.05) is 6.92 Å². The summed E-state index contributed by atoms with van der Waals surface area (Å²) in [6, 6.07) is 4.11. The number of amides is 1. The number of nitrogens with zero attached hydrogens (tertiary/aromatic N) is 4. The number of rotatable bonds is 6. The van der Waals surface area contributed by atoms with Gasteiger partial charge in [0.2, 0.25) is 21.8 Å². The molecule has 3 rings (SSSR count). The van der Waals surface area contributed by atoms with Crippen molar-refractivity contribution in [2.45, 2.75) is 43.8 Å². The second-order valence-corrected chi connectivity index (χ2v) is 9.23. The molecule has 1 aromatic carbocycles. The lowest BCUT2D eigenvalue weighted by atomic mass is 9.97. The van der Waals surface area contributed by atoms with Gasteiger partial charge in [0.25, 0.3) is 0 Å². The molecule has 12 heteroatoms. The van der Waals surface area contributed by atoms with Gasteiger partial charge in [-0.2, -0.15) is 22.5 Å². The lowest BCUT2D eigenvalue weighted by molar-refractivity contribution is -0.140. The van der Waals surface area contributed by atoms with Gasteiger partial charge in [0.15, 0.2) is 5.82 Å². The van der Waals surface area contributed by atoms with Crippen LogP contribution >= 0.6 is 0 Å². The molecule has 0 saturated carbocycles. The Hall–Kier alpha value is -2.47. The van der Waals surface area contributed by atoms with Gasteiger partial charge in [-0.3, -0.25) is 4.79 Å². The monoisotopic (exact) mass is 460 g/mol. The molecule has 31 heavy (non-hydrogen) atoms. The van der Waals surface area contributed by atoms with Crippen molar-refractivity contribution >= 4 is 15.9 Å². The number of benzene rings is 1. The van der Waals surface area contributed by atoms with E-state index in [1.165, 1.54) is 11.0 Å². The number of carbonyl (C=O) groups is 1. The van der Waals surface area contributed by atoms with E-state index < -0.39 is 32.6 Å². The fraction of sp³-hybridized carbons (Fsp3) is 0.526. The molecule has 0 N–H and O–H groups in total. The van der Waals surface area contributed by atoms with Gasteiger partial charge in [0, 0.05) is 32.5 Å². The maximum atomic E-state index is 13.3. The van der Waals surface area contributed by atoms with Crippen molar-refractivity contribution in [2.75, 3.05) is 20.1 Å². The first-order valence-corrected chi connectivity index (χ1v) is 11.2. The van der Waals surface area contributed by atoms with Gasteiger partial charge in [0.1, 0.15) is 0 Å². The fourth-order valence-corrected chi connectivity index (χ4v) is 5.18. The highest BCUT2D eigenvalue weighted by Crippen LogP contribution is 2.36. The molecule has 1 amide bonds. The van der Waals surface area contributed by atoms with Gasteiger partial charge in [-0.05, 0) is 25.0 Å². The number of hydrogen-bond acceptors (Lipinski definition) is 6. The lowest BCUT2D eigenvalue weighted by Crippen LogP contribution is -2.43. The molecule has 0 bridgehead atoms. The molecule has 170 valence electrons. The minimum absolute atomic E-state index is 0.0423. The van der Waals surface area contributed by atoms with Crippen LogP contribution in [0.25, 0.3) is 0 Å². The molecule has 1 fully saturated rings. The van der Waals surface area contributed by atoms with Crippen LogP contribution in [0, 0.1) is 5.92 Å². The second kappa shape index (κ2) is 8.95. The first-order valence-electron chi connectivity index (χ1n) is 9.76. The van der Waals surface area contributed by atoms with E-state index in [0.717, 1.165) is 22.5 Å². The highest BCUT2D eigenvalue weighted by atomic mass is 32.2. The van der Waals surface area contributed by atoms with Crippen LogP contribution in [-0.4, -0.2) is 53.8 Å². The first kappa shape index (κ1) is 23.2. The number of hydrogen-bond donors (Lipinski definition) is 0. The normalized spacial score (nSPS) is 16.4. The SMILES string of the molecule is CCc1noc(CN(C)C(=O)C2CCN(S(=O)(=O)c3ccccc3C(F)(F)F)CC2)n1. The highest BCUT2D eigenvalue weighted by molar-refractivity contribution is 7.89. The van der Waals surface area contributed by atoms with Crippen molar-refractivity contribution in [3.05, 3.63) is 41.5 Å². The summed E-state index contributed by atoms with van der Waals surface area (Å²) in [4.78, 5) is 17.5. The molecule has 1 aliphatic heterocycles. The van der Waals surface area contributed by atoms with E-state index in [1.54, 1.807) is 7.05 Å². The first-order chi connectivity index (χ1) is 14.5. The molecule has 1 aromatic heterocycles. The third-order valence-electron chi connectivity index (χ3n) is 5.19. The van der Waals surface area contributed by atoms with Gasteiger partial charge in [-0.1, -0.05) is 24.2 Å². The Balaban J connectivity index is 1.65. The molecule has 8 nitrogen and oxygen atoms in total. The summed E-state index contributed by atoms with van der Waals surface area (Å²) < 4.78 is 71.5. The minimum Gasteiger partial charge on any atom is -0.337 e. The van der Waals surface area contributed by atoms with Crippen molar-refractivity contribution in [2.24, 2.45) is 5.92 Å². The summed E-state index contributed by atoms with van der Waals surface area (Å²) in [5, 5.41) is 3.77. The molecular weight excluding hydrogens is 437 g/mol. The predicted octanol–water partition coefficient (Wildman–Crippen LogP) is 2.71. The molecule has 2 aromatic rings. The molecule has 0 radical (unpaired) electrons. The Kier molecular flexibility index (Phi) is 6.70. The Bertz CT molecular complexity index is 1030. The van der Waals surface area contributed by atoms with E-state index in [2.05, 4.69) is 10.1 Å². The van der Waals surface area contributed by atoms with Crippen molar-refractivity contribution in [3.8, 4) is 0 Å². The standard InChI is InChI=1S/C19H23F3N4O4S/c1-3-16-23-17(30-24-16)12-25(2)18(27)13-8-10-26(11-9-13)31(28,29)15-7-5-4-6-14(15)19(20,21)22/h4-7,13H,3,8-12H2,1-2H3. The number of alkyl halides is 3. The zero-order chi connectivity index (χ0) is 22.8. The second-order valence-electron chi connectivity index (χ2n) is 7.32. The number of halogens is 3. The van der Waals surface area contributed by atoms with Crippen LogP contribution in [0.4, 0.5) is 13.2 Å². The molecule has 1 aliphatic rings. The van der Waals surface area contributed by atoms with Crippen LogP contribution in [-0.2, 0) is 34.0 Å². The number of aryl methyl sites for hydroxylation is 1. The van der Waals surface area contributed by atoms with Gasteiger partial charge < -0.3 is 9.42 Å². The number of sulfonamides is 1. The van der Waals surface area contributed by atoms with Crippen LogP contribution in [0.2, 0.25) is 0 Å². The number of carbonyl (C=O) groups excluding carboxylic acids is 1. The van der Waals surface area contributed by atoms with E-state index >= 15 is 0 Å². The number of piperidine rings is 1. The van der Waals surface area contributed by atoms with E-state index in [-0.39, 0.29) is 38.4 Å². The summed E-state index contributed by atoms with van der Waals surface area (Å²) in [7, 11) is -2.75. The molecule has 0 spiro atoms. The van der Waals surface area contributed by atoms with E-state index in [4.69, 9.17) is 4.52 Å². The number of aromatic nitrogens is 2. The van der Waals surface area contributed by atoms with E-state index in [0.29, 0.717) is 18.1 Å². The molecule has 0 aliphatic carbocycles. The topological polar surface area (TPSA) is 96.6 Å². The zero-order valence-electron chi connectivity index (χ0n) is 17.1. The molecule has 0 atom stereocenters. The van der Waals surface area contributed by atoms with Crippen LogP contribution < -0.4 is 0 Å². The van der Waals surface area contributed by atoms with Gasteiger partial charge in [0.05, 0.1) is 17.0 Å². The minimum atomic E-state index is -4.78. The van der Waals surface area contributed by atoms with Crippen LogP contribution in [0.5, 0.6) is 0 Å². The fourth-order valence-electron chi connectivity index (χ4n) is 3.50. The van der Waals surface area contributed by atoms with Crippen LogP contribution in [0.3, 0.4) is 0 Å². The highest BCUT2D eigenvalue weighted by Gasteiger charge is 2.40. The summed E-state index contributed by atoms with van der Waals surface area (Å²) in [5.41, 5.74) is -1.20. The van der Waals surface area contributed by atoms with Crippen molar-refractivity contribution < 1.29 is 30.9 Å². The Morgan fingerprint density at radius 2 is 1.90 bits per heavy atom. The summed E-state index contributed by atoms with van der Waals surface area (Å²) >= 11 is 0. The lowest BCUT2D eigenvalue weighted by Gasteiger charge is -2.32. The quantitative estimate of drug-likeness (QED) is 0.658. The largest absolute Gasteiger partial charge is 0.417 e. The summed E-state index contributed by atoms with van der Waals surface area (Å²) in [6.45, 7) is 1.92. The third kappa shape index (κ3) is 5.06. The van der Waals surface area contributed by atoms with E-state index in [9.17, 15) is 26.4 Å². The Morgan fingerprint density at radius 3 is 2.48 bits per heavy atom. The molecule has 0 unspecified atom stereocenters. The Labute approximate surface area is 178 Å². The van der Waals surface area contributed by atoms with Gasteiger partial charge in [-0.25, -0.2) is 8.42 Å². The average molecular weight is 460 g/mol. The van der Waals surface area contributed by atoms with Crippen molar-refractivity contribution in [1.29, 1.82) is 0 Å². The van der Waals surface area contributed by atoms with Gasteiger partial charge in [-0.15, -0.1) is 0 Å².